The highest BCUT2D eigenvalue weighted by Crippen LogP contribution is 2.10. The Kier molecular flexibility index (Phi) is 2.68. The van der Waals surface area contributed by atoms with Gasteiger partial charge in [0, 0.05) is 6.42 Å². The lowest BCUT2D eigenvalue weighted by molar-refractivity contribution is 0.507. The Hall–Kier alpha value is -1.50. The van der Waals surface area contributed by atoms with E-state index in [2.05, 4.69) is 37.3 Å². The molecule has 1 heterocycles. The molecule has 14 heavy (non-hydrogen) atoms. The van der Waals surface area contributed by atoms with Crippen LogP contribution >= 0.6 is 0 Å². The van der Waals surface area contributed by atoms with Gasteiger partial charge in [0.2, 0.25) is 0 Å². The first kappa shape index (κ1) is 9.07. The van der Waals surface area contributed by atoms with E-state index in [0.29, 0.717) is 0 Å². The lowest BCUT2D eigenvalue weighted by atomic mass is 10.1. The minimum atomic E-state index is 0.984. The van der Waals surface area contributed by atoms with Gasteiger partial charge in [-0.25, -0.2) is 0 Å². The first-order valence-electron chi connectivity index (χ1n) is 4.92. The fourth-order valence-electron chi connectivity index (χ4n) is 1.53. The minimum absolute atomic E-state index is 0.984. The van der Waals surface area contributed by atoms with Crippen LogP contribution in [0, 0.1) is 6.92 Å². The van der Waals surface area contributed by atoms with Crippen LogP contribution in [0.15, 0.2) is 47.1 Å². The second kappa shape index (κ2) is 4.14. The fraction of sp³-hybridized carbons (Fsp3) is 0.231. The molecule has 0 fully saturated rings. The third-order valence-corrected chi connectivity index (χ3v) is 2.29. The van der Waals surface area contributed by atoms with Gasteiger partial charge in [0.1, 0.15) is 5.76 Å². The highest BCUT2D eigenvalue weighted by Gasteiger charge is 1.98. The van der Waals surface area contributed by atoms with E-state index < -0.39 is 0 Å². The summed E-state index contributed by atoms with van der Waals surface area (Å²) in [5.74, 6) is 1.08. The van der Waals surface area contributed by atoms with Gasteiger partial charge in [0.25, 0.3) is 0 Å². The van der Waals surface area contributed by atoms with Crippen LogP contribution in [0.1, 0.15) is 16.9 Å². The van der Waals surface area contributed by atoms with E-state index in [0.717, 1.165) is 18.6 Å². The van der Waals surface area contributed by atoms with Crippen molar-refractivity contribution in [2.24, 2.45) is 0 Å². The zero-order chi connectivity index (χ0) is 9.80. The van der Waals surface area contributed by atoms with Crippen molar-refractivity contribution < 1.29 is 4.42 Å². The first-order valence-corrected chi connectivity index (χ1v) is 4.92. The Bertz CT molecular complexity index is 387. The molecule has 0 bridgehead atoms. The highest BCUT2D eigenvalue weighted by atomic mass is 16.3. The second-order valence-corrected chi connectivity index (χ2v) is 3.58. The number of benzene rings is 1. The Morgan fingerprint density at radius 3 is 2.50 bits per heavy atom. The predicted molar refractivity (Wildman–Crippen MR) is 57.3 cm³/mol. The van der Waals surface area contributed by atoms with Crippen molar-refractivity contribution in [2.45, 2.75) is 19.8 Å². The van der Waals surface area contributed by atoms with Crippen molar-refractivity contribution in [3.63, 3.8) is 0 Å². The Morgan fingerprint density at radius 2 is 1.86 bits per heavy atom. The molecule has 1 nitrogen and oxygen atoms in total. The van der Waals surface area contributed by atoms with Crippen LogP contribution in [0.4, 0.5) is 0 Å². The van der Waals surface area contributed by atoms with Gasteiger partial charge in [-0.2, -0.15) is 0 Å². The molecule has 0 aliphatic carbocycles. The van der Waals surface area contributed by atoms with Gasteiger partial charge in [0.15, 0.2) is 0 Å². The van der Waals surface area contributed by atoms with Gasteiger partial charge in [-0.1, -0.05) is 30.3 Å². The molecule has 0 saturated heterocycles. The van der Waals surface area contributed by atoms with Crippen LogP contribution in [0.2, 0.25) is 0 Å². The molecule has 0 amide bonds. The van der Waals surface area contributed by atoms with Crippen molar-refractivity contribution in [3.05, 3.63) is 59.5 Å². The van der Waals surface area contributed by atoms with E-state index in [1.807, 2.05) is 6.07 Å². The van der Waals surface area contributed by atoms with Gasteiger partial charge in [-0.05, 0) is 30.5 Å². The zero-order valence-electron chi connectivity index (χ0n) is 8.36. The van der Waals surface area contributed by atoms with E-state index >= 15 is 0 Å². The molecule has 0 aliphatic rings. The molecule has 2 rings (SSSR count). The van der Waals surface area contributed by atoms with Crippen molar-refractivity contribution in [1.29, 1.82) is 0 Å². The molecule has 72 valence electrons. The van der Waals surface area contributed by atoms with Gasteiger partial charge in [0.05, 0.1) is 6.26 Å². The van der Waals surface area contributed by atoms with E-state index in [9.17, 15) is 0 Å². The SMILES string of the molecule is Cc1coc(CCc2ccccc2)c1. The molecule has 2 aromatic rings. The van der Waals surface area contributed by atoms with Gasteiger partial charge >= 0.3 is 0 Å². The largest absolute Gasteiger partial charge is 0.469 e. The molecule has 0 saturated carbocycles. The first-order chi connectivity index (χ1) is 6.84. The summed E-state index contributed by atoms with van der Waals surface area (Å²) < 4.78 is 5.39. The third kappa shape index (κ3) is 2.25. The molecular formula is C13H14O. The average Bonchev–Trinajstić information content (AvgIpc) is 2.63. The van der Waals surface area contributed by atoms with Crippen molar-refractivity contribution >= 4 is 0 Å². The lowest BCUT2D eigenvalue weighted by Gasteiger charge is -1.97. The monoisotopic (exact) mass is 186 g/mol. The van der Waals surface area contributed by atoms with Crippen LogP contribution in [-0.4, -0.2) is 0 Å². The quantitative estimate of drug-likeness (QED) is 0.716. The molecule has 0 spiro atoms. The highest BCUT2D eigenvalue weighted by molar-refractivity contribution is 5.17. The van der Waals surface area contributed by atoms with Gasteiger partial charge < -0.3 is 4.42 Å². The van der Waals surface area contributed by atoms with Crippen LogP contribution in [0.5, 0.6) is 0 Å². The summed E-state index contributed by atoms with van der Waals surface area (Å²) in [5.41, 5.74) is 2.56. The maximum Gasteiger partial charge on any atom is 0.104 e. The summed E-state index contributed by atoms with van der Waals surface area (Å²) in [5, 5.41) is 0. The Balaban J connectivity index is 1.95. The molecule has 1 heteroatoms. The number of hydrogen-bond donors (Lipinski definition) is 0. The molecule has 0 radical (unpaired) electrons. The van der Waals surface area contributed by atoms with Crippen molar-refractivity contribution in [2.75, 3.05) is 0 Å². The smallest absolute Gasteiger partial charge is 0.104 e. The Morgan fingerprint density at radius 1 is 1.07 bits per heavy atom. The number of aryl methyl sites for hydroxylation is 3. The number of rotatable bonds is 3. The normalized spacial score (nSPS) is 10.4. The Labute approximate surface area is 84.4 Å². The predicted octanol–water partition coefficient (Wildman–Crippen LogP) is 3.37. The van der Waals surface area contributed by atoms with E-state index in [4.69, 9.17) is 4.42 Å². The standard InChI is InChI=1S/C13H14O/c1-11-9-13(14-10-11)8-7-12-5-3-2-4-6-12/h2-6,9-10H,7-8H2,1H3. The summed E-state index contributed by atoms with van der Waals surface area (Å²) in [6.45, 7) is 2.05. The van der Waals surface area contributed by atoms with Crippen LogP contribution in [0.3, 0.4) is 0 Å². The van der Waals surface area contributed by atoms with E-state index in [1.165, 1.54) is 11.1 Å². The number of furan rings is 1. The molecular weight excluding hydrogens is 172 g/mol. The van der Waals surface area contributed by atoms with Crippen molar-refractivity contribution in [3.8, 4) is 0 Å². The molecule has 0 N–H and O–H groups in total. The molecule has 1 aromatic heterocycles. The van der Waals surface area contributed by atoms with Gasteiger partial charge in [-0.15, -0.1) is 0 Å². The summed E-state index contributed by atoms with van der Waals surface area (Å²) >= 11 is 0. The molecule has 0 aliphatic heterocycles. The van der Waals surface area contributed by atoms with Crippen LogP contribution in [-0.2, 0) is 12.8 Å². The third-order valence-electron chi connectivity index (χ3n) is 2.29. The average molecular weight is 186 g/mol. The van der Waals surface area contributed by atoms with E-state index in [1.54, 1.807) is 6.26 Å². The van der Waals surface area contributed by atoms with Crippen LogP contribution < -0.4 is 0 Å². The topological polar surface area (TPSA) is 13.1 Å². The maximum atomic E-state index is 5.39. The second-order valence-electron chi connectivity index (χ2n) is 3.58. The van der Waals surface area contributed by atoms with Crippen LogP contribution in [0.25, 0.3) is 0 Å². The lowest BCUT2D eigenvalue weighted by Crippen LogP contribution is -1.88. The molecule has 0 unspecified atom stereocenters. The minimum Gasteiger partial charge on any atom is -0.469 e. The molecule has 1 aromatic carbocycles. The number of hydrogen-bond acceptors (Lipinski definition) is 1. The fourth-order valence-corrected chi connectivity index (χ4v) is 1.53. The van der Waals surface area contributed by atoms with E-state index in [-0.39, 0.29) is 0 Å². The van der Waals surface area contributed by atoms with Crippen molar-refractivity contribution in [1.82, 2.24) is 0 Å². The summed E-state index contributed by atoms with van der Waals surface area (Å²) in [4.78, 5) is 0. The summed E-state index contributed by atoms with van der Waals surface area (Å²) in [7, 11) is 0. The maximum absolute atomic E-state index is 5.39. The molecule has 0 atom stereocenters. The zero-order valence-corrected chi connectivity index (χ0v) is 8.36. The van der Waals surface area contributed by atoms with Gasteiger partial charge in [-0.3, -0.25) is 0 Å². The summed E-state index contributed by atoms with van der Waals surface area (Å²) in [6, 6.07) is 12.6. The summed E-state index contributed by atoms with van der Waals surface area (Å²) in [6.07, 6.45) is 3.84.